The van der Waals surface area contributed by atoms with Gasteiger partial charge in [0.05, 0.1) is 21.5 Å². The molecule has 0 saturated heterocycles. The monoisotopic (exact) mass is 476 g/mol. The van der Waals surface area contributed by atoms with Crippen molar-refractivity contribution in [1.29, 1.82) is 0 Å². The molecule has 1 N–H and O–H groups in total. The fraction of sp³-hybridized carbons (Fsp3) is 0.200. The predicted molar refractivity (Wildman–Crippen MR) is 133 cm³/mol. The van der Waals surface area contributed by atoms with Crippen LogP contribution in [0.3, 0.4) is 0 Å². The van der Waals surface area contributed by atoms with Gasteiger partial charge in [0.25, 0.3) is 11.5 Å². The van der Waals surface area contributed by atoms with E-state index in [2.05, 4.69) is 15.6 Å². The number of nitrogens with one attached hydrogen (secondary N) is 1. The second-order valence-corrected chi connectivity index (χ2v) is 8.61. The Hall–Kier alpha value is -3.98. The number of carbonyl (C=O) groups is 1. The summed E-state index contributed by atoms with van der Waals surface area (Å²) in [7, 11) is 0. The van der Waals surface area contributed by atoms with Crippen LogP contribution in [0, 0.1) is 13.8 Å². The molecule has 0 radical (unpaired) electrons. The summed E-state index contributed by atoms with van der Waals surface area (Å²) >= 11 is 1.52. The number of thiophene rings is 1. The fourth-order valence-electron chi connectivity index (χ4n) is 3.43. The zero-order valence-corrected chi connectivity index (χ0v) is 19.9. The lowest BCUT2D eigenvalue weighted by Crippen LogP contribution is -2.38. The van der Waals surface area contributed by atoms with Crippen molar-refractivity contribution in [3.8, 4) is 5.75 Å². The van der Waals surface area contributed by atoms with Crippen molar-refractivity contribution < 1.29 is 14.4 Å². The number of aryl methyl sites for hydroxylation is 2. The maximum absolute atomic E-state index is 13.2. The highest BCUT2D eigenvalue weighted by Gasteiger charge is 2.15. The molecular formula is C25H24N4O4S. The highest BCUT2D eigenvalue weighted by Crippen LogP contribution is 2.23. The molecule has 174 valence electrons. The van der Waals surface area contributed by atoms with Crippen LogP contribution in [0.4, 0.5) is 0 Å². The molecule has 0 aliphatic carbocycles. The quantitative estimate of drug-likeness (QED) is 0.304. The summed E-state index contributed by atoms with van der Waals surface area (Å²) in [6.45, 7) is 5.31. The molecule has 4 aromatic rings. The van der Waals surface area contributed by atoms with Crippen LogP contribution in [0.15, 0.2) is 69.9 Å². The molecule has 0 spiro atoms. The van der Waals surface area contributed by atoms with Crippen LogP contribution in [0.2, 0.25) is 0 Å². The molecule has 0 atom stereocenters. The van der Waals surface area contributed by atoms with Crippen molar-refractivity contribution in [1.82, 2.24) is 9.66 Å². The van der Waals surface area contributed by atoms with Crippen LogP contribution in [0.1, 0.15) is 28.8 Å². The van der Waals surface area contributed by atoms with E-state index in [4.69, 9.17) is 9.57 Å². The number of aromatic nitrogens is 2. The Kier molecular flexibility index (Phi) is 7.03. The molecule has 2 aromatic carbocycles. The van der Waals surface area contributed by atoms with E-state index in [9.17, 15) is 9.59 Å². The highest BCUT2D eigenvalue weighted by atomic mass is 32.1. The zero-order chi connectivity index (χ0) is 24.1. The second-order valence-electron chi connectivity index (χ2n) is 7.66. The first-order valence-electron chi connectivity index (χ1n) is 10.6. The average Bonchev–Trinajstić information content (AvgIpc) is 3.36. The van der Waals surface area contributed by atoms with Gasteiger partial charge in [-0.05, 0) is 55.5 Å². The van der Waals surface area contributed by atoms with Crippen molar-refractivity contribution >= 4 is 33.9 Å². The van der Waals surface area contributed by atoms with E-state index < -0.39 is 11.5 Å². The lowest BCUT2D eigenvalue weighted by molar-refractivity contribution is -0.121. The number of nitrogens with zero attached hydrogens (tertiary/aromatic N) is 3. The van der Waals surface area contributed by atoms with E-state index >= 15 is 0 Å². The lowest BCUT2D eigenvalue weighted by Gasteiger charge is -2.16. The summed E-state index contributed by atoms with van der Waals surface area (Å²) < 4.78 is 7.12. The number of amides is 1. The van der Waals surface area contributed by atoms with Crippen LogP contribution in [0.5, 0.6) is 5.75 Å². The smallest absolute Gasteiger partial charge is 0.280 e. The van der Waals surface area contributed by atoms with Gasteiger partial charge in [-0.25, -0.2) is 4.98 Å². The molecule has 0 saturated carbocycles. The van der Waals surface area contributed by atoms with Crippen LogP contribution in [-0.4, -0.2) is 27.9 Å². The molecule has 0 aliphatic heterocycles. The predicted octanol–water partition coefficient (Wildman–Crippen LogP) is 4.16. The lowest BCUT2D eigenvalue weighted by atomic mass is 10.1. The first-order valence-corrected chi connectivity index (χ1v) is 11.5. The van der Waals surface area contributed by atoms with Gasteiger partial charge in [0, 0.05) is 0 Å². The van der Waals surface area contributed by atoms with Crippen LogP contribution < -0.4 is 15.7 Å². The van der Waals surface area contributed by atoms with Crippen molar-refractivity contribution in [2.45, 2.75) is 27.4 Å². The molecule has 0 fully saturated rings. The first kappa shape index (κ1) is 23.2. The van der Waals surface area contributed by atoms with E-state index in [-0.39, 0.29) is 19.0 Å². The van der Waals surface area contributed by atoms with Gasteiger partial charge >= 0.3 is 0 Å². The van der Waals surface area contributed by atoms with Gasteiger partial charge in [0.15, 0.2) is 12.4 Å². The summed E-state index contributed by atoms with van der Waals surface area (Å²) in [5, 5.41) is 6.29. The Morgan fingerprint density at radius 1 is 1.09 bits per heavy atom. The van der Waals surface area contributed by atoms with Crippen molar-refractivity contribution in [2.75, 3.05) is 12.0 Å². The molecule has 0 unspecified atom stereocenters. The van der Waals surface area contributed by atoms with E-state index in [0.717, 1.165) is 20.7 Å². The molecule has 34 heavy (non-hydrogen) atoms. The van der Waals surface area contributed by atoms with E-state index in [1.165, 1.54) is 11.3 Å². The number of hydrogen-bond donors (Lipinski definition) is 1. The van der Waals surface area contributed by atoms with Crippen LogP contribution >= 0.6 is 11.3 Å². The molecule has 8 nitrogen and oxygen atoms in total. The molecule has 4 rings (SSSR count). The SMILES string of the molecule is C/C(=N/OCC(=O)Nn1c(COc2c(C)cccc2C)nc2ccccc2c1=O)c1cccs1. The Balaban J connectivity index is 1.56. The Morgan fingerprint density at radius 2 is 1.85 bits per heavy atom. The van der Waals surface area contributed by atoms with E-state index in [1.807, 2.05) is 49.6 Å². The number of benzene rings is 2. The number of para-hydroxylation sites is 2. The number of hydrogen-bond acceptors (Lipinski definition) is 7. The molecular weight excluding hydrogens is 452 g/mol. The first-order chi connectivity index (χ1) is 16.4. The highest BCUT2D eigenvalue weighted by molar-refractivity contribution is 7.12. The molecule has 0 aliphatic rings. The third-order valence-corrected chi connectivity index (χ3v) is 6.09. The number of fused-ring (bicyclic) bond motifs is 1. The van der Waals surface area contributed by atoms with Crippen molar-refractivity contribution in [2.24, 2.45) is 5.16 Å². The largest absolute Gasteiger partial charge is 0.485 e. The van der Waals surface area contributed by atoms with Crippen molar-refractivity contribution in [3.05, 3.63) is 92.2 Å². The summed E-state index contributed by atoms with van der Waals surface area (Å²) in [6, 6.07) is 16.6. The average molecular weight is 477 g/mol. The third-order valence-electron chi connectivity index (χ3n) is 5.11. The van der Waals surface area contributed by atoms with Crippen LogP contribution in [0.25, 0.3) is 10.9 Å². The van der Waals surface area contributed by atoms with Gasteiger partial charge in [0.2, 0.25) is 0 Å². The summed E-state index contributed by atoms with van der Waals surface area (Å²) in [4.78, 5) is 36.4. The Bertz CT molecular complexity index is 1390. The van der Waals surface area contributed by atoms with Gasteiger partial charge in [-0.2, -0.15) is 4.68 Å². The maximum Gasteiger partial charge on any atom is 0.280 e. The Labute approximate surface area is 200 Å². The summed E-state index contributed by atoms with van der Waals surface area (Å²) in [5.74, 6) is 0.428. The second kappa shape index (κ2) is 10.3. The van der Waals surface area contributed by atoms with E-state index in [0.29, 0.717) is 22.4 Å². The number of rotatable bonds is 8. The Morgan fingerprint density at radius 3 is 2.59 bits per heavy atom. The minimum Gasteiger partial charge on any atom is -0.485 e. The molecule has 1 amide bonds. The number of oxime groups is 1. The minimum atomic E-state index is -0.546. The minimum absolute atomic E-state index is 0.0114. The van der Waals surface area contributed by atoms with E-state index in [1.54, 1.807) is 31.2 Å². The molecule has 2 aromatic heterocycles. The molecule has 9 heteroatoms. The van der Waals surface area contributed by atoms with Crippen molar-refractivity contribution in [3.63, 3.8) is 0 Å². The number of carbonyl (C=O) groups excluding carboxylic acids is 1. The fourth-order valence-corrected chi connectivity index (χ4v) is 4.10. The normalized spacial score (nSPS) is 11.4. The molecule has 2 heterocycles. The van der Waals surface area contributed by atoms with Gasteiger partial charge in [0.1, 0.15) is 12.4 Å². The zero-order valence-electron chi connectivity index (χ0n) is 19.1. The number of ether oxygens (including phenoxy) is 1. The van der Waals surface area contributed by atoms with Gasteiger partial charge in [-0.3, -0.25) is 15.0 Å². The van der Waals surface area contributed by atoms with Gasteiger partial charge in [-0.1, -0.05) is 41.6 Å². The summed E-state index contributed by atoms with van der Waals surface area (Å²) in [6.07, 6.45) is 0. The standard InChI is InChI=1S/C25H24N4O4S/c1-16-8-6-9-17(2)24(16)32-14-22-26-20-11-5-4-10-19(20)25(31)29(22)27-23(30)15-33-28-18(3)21-12-7-13-34-21/h4-13H,14-15H2,1-3H3,(H,27,30)/b28-18-. The summed E-state index contributed by atoms with van der Waals surface area (Å²) in [5.41, 5.74) is 5.28. The van der Waals surface area contributed by atoms with Gasteiger partial charge < -0.3 is 9.57 Å². The molecule has 0 bridgehead atoms. The topological polar surface area (TPSA) is 94.8 Å². The maximum atomic E-state index is 13.2. The van der Waals surface area contributed by atoms with Gasteiger partial charge in [-0.15, -0.1) is 11.3 Å². The third kappa shape index (κ3) is 5.15. The van der Waals surface area contributed by atoms with Crippen LogP contribution in [-0.2, 0) is 16.2 Å².